The monoisotopic (exact) mass is 266 g/mol. The van der Waals surface area contributed by atoms with Crippen LogP contribution in [0.3, 0.4) is 0 Å². The predicted molar refractivity (Wildman–Crippen MR) is 68.2 cm³/mol. The van der Waals surface area contributed by atoms with Crippen molar-refractivity contribution in [2.24, 2.45) is 7.05 Å². The zero-order chi connectivity index (χ0) is 13.1. The van der Waals surface area contributed by atoms with E-state index in [2.05, 4.69) is 10.1 Å². The van der Waals surface area contributed by atoms with E-state index in [1.807, 2.05) is 6.92 Å². The van der Waals surface area contributed by atoms with Crippen molar-refractivity contribution in [3.63, 3.8) is 0 Å². The molecule has 0 unspecified atom stereocenters. The van der Waals surface area contributed by atoms with Gasteiger partial charge in [0.15, 0.2) is 5.69 Å². The molecule has 2 N–H and O–H groups in total. The van der Waals surface area contributed by atoms with E-state index >= 15 is 0 Å². The van der Waals surface area contributed by atoms with Crippen LogP contribution in [-0.4, -0.2) is 20.7 Å². The number of rotatable bonds is 4. The van der Waals surface area contributed by atoms with Gasteiger partial charge in [0.2, 0.25) is 0 Å². The molecule has 0 aromatic carbocycles. The van der Waals surface area contributed by atoms with Gasteiger partial charge >= 0.3 is 5.97 Å². The minimum atomic E-state index is -0.462. The highest BCUT2D eigenvalue weighted by atomic mass is 32.1. The van der Waals surface area contributed by atoms with Crippen molar-refractivity contribution in [2.75, 3.05) is 5.73 Å². The third-order valence-electron chi connectivity index (χ3n) is 2.52. The first-order valence-electron chi connectivity index (χ1n) is 5.49. The Balaban J connectivity index is 2.11. The first kappa shape index (κ1) is 12.6. The van der Waals surface area contributed by atoms with Crippen molar-refractivity contribution in [3.8, 4) is 0 Å². The Hall–Kier alpha value is -1.89. The van der Waals surface area contributed by atoms with Crippen LogP contribution in [0.15, 0.2) is 11.7 Å². The van der Waals surface area contributed by atoms with Crippen LogP contribution in [0.1, 0.15) is 28.0 Å². The maximum atomic E-state index is 11.9. The van der Waals surface area contributed by atoms with Gasteiger partial charge in [-0.25, -0.2) is 4.79 Å². The molecular formula is C11H14N4O2S. The fourth-order valence-electron chi connectivity index (χ4n) is 1.62. The highest BCUT2D eigenvalue weighted by Crippen LogP contribution is 2.18. The first-order chi connectivity index (χ1) is 8.63. The molecule has 18 heavy (non-hydrogen) atoms. The largest absolute Gasteiger partial charge is 0.455 e. The number of esters is 1. The number of nitrogen functional groups attached to an aromatic ring is 1. The summed E-state index contributed by atoms with van der Waals surface area (Å²) in [4.78, 5) is 16.7. The molecular weight excluding hydrogens is 252 g/mol. The average molecular weight is 266 g/mol. The molecule has 0 aliphatic rings. The van der Waals surface area contributed by atoms with E-state index in [1.165, 1.54) is 16.0 Å². The van der Waals surface area contributed by atoms with Gasteiger partial charge in [-0.3, -0.25) is 9.67 Å². The van der Waals surface area contributed by atoms with Crippen molar-refractivity contribution < 1.29 is 9.53 Å². The van der Waals surface area contributed by atoms with Crippen LogP contribution in [0.5, 0.6) is 0 Å². The zero-order valence-electron chi connectivity index (χ0n) is 10.2. The van der Waals surface area contributed by atoms with Gasteiger partial charge in [0.25, 0.3) is 0 Å². The molecule has 2 heterocycles. The minimum absolute atomic E-state index is 0.204. The van der Waals surface area contributed by atoms with Gasteiger partial charge in [-0.1, -0.05) is 6.92 Å². The Bertz CT molecular complexity index is 548. The lowest BCUT2D eigenvalue weighted by molar-refractivity contribution is 0.0465. The van der Waals surface area contributed by atoms with Gasteiger partial charge in [-0.05, 0) is 6.42 Å². The standard InChI is InChI=1S/C11H14N4O2S/c1-3-8-9(12)10(15(2)14-8)11(16)17-5-7-4-13-6-18-7/h4,6H,3,5,12H2,1-2H3. The second-order valence-corrected chi connectivity index (χ2v) is 4.70. The van der Waals surface area contributed by atoms with Gasteiger partial charge in [0.05, 0.1) is 21.8 Å². The zero-order valence-corrected chi connectivity index (χ0v) is 11.0. The van der Waals surface area contributed by atoms with Crippen LogP contribution in [0.4, 0.5) is 5.69 Å². The maximum absolute atomic E-state index is 11.9. The van der Waals surface area contributed by atoms with E-state index in [9.17, 15) is 4.79 Å². The van der Waals surface area contributed by atoms with Crippen LogP contribution in [0, 0.1) is 0 Å². The number of hydrogen-bond donors (Lipinski definition) is 1. The van der Waals surface area contributed by atoms with E-state index in [0.717, 1.165) is 4.88 Å². The highest BCUT2D eigenvalue weighted by molar-refractivity contribution is 7.09. The van der Waals surface area contributed by atoms with Gasteiger partial charge in [-0.15, -0.1) is 11.3 Å². The van der Waals surface area contributed by atoms with Crippen LogP contribution in [0.2, 0.25) is 0 Å². The topological polar surface area (TPSA) is 83.0 Å². The van der Waals surface area contributed by atoms with Crippen LogP contribution >= 0.6 is 11.3 Å². The summed E-state index contributed by atoms with van der Waals surface area (Å²) >= 11 is 1.44. The fourth-order valence-corrected chi connectivity index (χ4v) is 2.12. The van der Waals surface area contributed by atoms with E-state index < -0.39 is 5.97 Å². The van der Waals surface area contributed by atoms with E-state index in [1.54, 1.807) is 18.8 Å². The molecule has 0 aliphatic carbocycles. The van der Waals surface area contributed by atoms with Crippen molar-refractivity contribution in [1.29, 1.82) is 0 Å². The molecule has 0 bridgehead atoms. The summed E-state index contributed by atoms with van der Waals surface area (Å²) in [5.41, 5.74) is 8.97. The first-order valence-corrected chi connectivity index (χ1v) is 6.37. The Morgan fingerprint density at radius 1 is 1.61 bits per heavy atom. The molecule has 2 rings (SSSR count). The molecule has 2 aromatic heterocycles. The van der Waals surface area contributed by atoms with Crippen LogP contribution in [-0.2, 0) is 24.8 Å². The number of ether oxygens (including phenoxy) is 1. The number of carbonyl (C=O) groups excluding carboxylic acids is 1. The van der Waals surface area contributed by atoms with Crippen molar-refractivity contribution in [2.45, 2.75) is 20.0 Å². The molecule has 0 saturated heterocycles. The second kappa shape index (κ2) is 5.18. The summed E-state index contributed by atoms with van der Waals surface area (Å²) in [5.74, 6) is -0.462. The number of thiazole rings is 1. The third-order valence-corrected chi connectivity index (χ3v) is 3.27. The van der Waals surface area contributed by atoms with Gasteiger partial charge < -0.3 is 10.5 Å². The number of nitrogens with zero attached hydrogens (tertiary/aromatic N) is 3. The third kappa shape index (κ3) is 2.35. The number of aryl methyl sites for hydroxylation is 2. The normalized spacial score (nSPS) is 10.6. The summed E-state index contributed by atoms with van der Waals surface area (Å²) in [6.45, 7) is 2.14. The van der Waals surface area contributed by atoms with Gasteiger partial charge in [0, 0.05) is 13.2 Å². The molecule has 0 saturated carbocycles. The van der Waals surface area contributed by atoms with Crippen LogP contribution < -0.4 is 5.73 Å². The number of nitrogens with two attached hydrogens (primary N) is 1. The molecule has 0 aliphatic heterocycles. The summed E-state index contributed by atoms with van der Waals surface area (Å²) in [6, 6.07) is 0. The SMILES string of the molecule is CCc1nn(C)c(C(=O)OCc2cncs2)c1N. The second-order valence-electron chi connectivity index (χ2n) is 3.73. The Morgan fingerprint density at radius 3 is 2.94 bits per heavy atom. The lowest BCUT2D eigenvalue weighted by atomic mass is 10.2. The Morgan fingerprint density at radius 2 is 2.39 bits per heavy atom. The summed E-state index contributed by atoms with van der Waals surface area (Å²) < 4.78 is 6.64. The highest BCUT2D eigenvalue weighted by Gasteiger charge is 2.20. The quantitative estimate of drug-likeness (QED) is 0.845. The number of anilines is 1. The van der Waals surface area contributed by atoms with E-state index in [-0.39, 0.29) is 6.61 Å². The van der Waals surface area contributed by atoms with E-state index in [0.29, 0.717) is 23.5 Å². The molecule has 0 fully saturated rings. The molecule has 2 aromatic rings. The molecule has 6 nitrogen and oxygen atoms in total. The van der Waals surface area contributed by atoms with Crippen LogP contribution in [0.25, 0.3) is 0 Å². The van der Waals surface area contributed by atoms with Crippen molar-refractivity contribution in [1.82, 2.24) is 14.8 Å². The summed E-state index contributed by atoms with van der Waals surface area (Å²) in [7, 11) is 1.68. The lowest BCUT2D eigenvalue weighted by Crippen LogP contribution is -2.12. The van der Waals surface area contributed by atoms with Crippen molar-refractivity contribution >= 4 is 23.0 Å². The number of hydrogen-bond acceptors (Lipinski definition) is 6. The van der Waals surface area contributed by atoms with E-state index in [4.69, 9.17) is 10.5 Å². The molecule has 96 valence electrons. The van der Waals surface area contributed by atoms with Crippen molar-refractivity contribution in [3.05, 3.63) is 28.0 Å². The smallest absolute Gasteiger partial charge is 0.359 e. The average Bonchev–Trinajstić information content (AvgIpc) is 2.94. The molecule has 0 radical (unpaired) electrons. The maximum Gasteiger partial charge on any atom is 0.359 e. The minimum Gasteiger partial charge on any atom is -0.455 e. The summed E-state index contributed by atoms with van der Waals surface area (Å²) in [5, 5.41) is 4.18. The number of aromatic nitrogens is 3. The molecule has 0 atom stereocenters. The Kier molecular flexibility index (Phi) is 3.61. The molecule has 7 heteroatoms. The molecule has 0 spiro atoms. The lowest BCUT2D eigenvalue weighted by Gasteiger charge is -2.04. The van der Waals surface area contributed by atoms with Gasteiger partial charge in [0.1, 0.15) is 6.61 Å². The van der Waals surface area contributed by atoms with Gasteiger partial charge in [-0.2, -0.15) is 5.10 Å². The molecule has 0 amide bonds. The predicted octanol–water partition coefficient (Wildman–Crippen LogP) is 1.38. The fraction of sp³-hybridized carbons (Fsp3) is 0.364. The summed E-state index contributed by atoms with van der Waals surface area (Å²) in [6.07, 6.45) is 2.35. The Labute approximate surface area is 108 Å². The number of carbonyl (C=O) groups is 1.